The highest BCUT2D eigenvalue weighted by Crippen LogP contribution is 2.38. The van der Waals surface area contributed by atoms with Crippen molar-refractivity contribution in [2.24, 2.45) is 11.8 Å². The van der Waals surface area contributed by atoms with Gasteiger partial charge < -0.3 is 10.4 Å². The molecule has 1 heterocycles. The van der Waals surface area contributed by atoms with E-state index in [1.165, 1.54) is 5.56 Å². The molecule has 1 amide bonds. The van der Waals surface area contributed by atoms with Gasteiger partial charge in [-0.05, 0) is 18.4 Å². The molecule has 2 aliphatic rings. The van der Waals surface area contributed by atoms with Crippen LogP contribution in [-0.2, 0) is 16.1 Å². The third-order valence-electron chi connectivity index (χ3n) is 4.31. The second-order valence-electron chi connectivity index (χ2n) is 6.00. The van der Waals surface area contributed by atoms with Crippen molar-refractivity contribution in [3.8, 4) is 0 Å². The summed E-state index contributed by atoms with van der Waals surface area (Å²) in [4.78, 5) is 25.1. The second kappa shape index (κ2) is 5.85. The molecule has 1 saturated carbocycles. The van der Waals surface area contributed by atoms with Crippen molar-refractivity contribution in [2.45, 2.75) is 25.4 Å². The van der Waals surface area contributed by atoms with Gasteiger partial charge in [0.1, 0.15) is 0 Å². The van der Waals surface area contributed by atoms with Crippen LogP contribution in [0, 0.1) is 11.8 Å². The fourth-order valence-electron chi connectivity index (χ4n) is 3.00. The molecule has 112 valence electrons. The van der Waals surface area contributed by atoms with Crippen LogP contribution in [0.3, 0.4) is 0 Å². The Morgan fingerprint density at radius 1 is 1.24 bits per heavy atom. The molecule has 5 nitrogen and oxygen atoms in total. The number of benzene rings is 1. The molecule has 1 aliphatic carbocycles. The third-order valence-corrected chi connectivity index (χ3v) is 4.31. The van der Waals surface area contributed by atoms with Crippen LogP contribution in [0.1, 0.15) is 18.4 Å². The van der Waals surface area contributed by atoms with E-state index in [9.17, 15) is 9.59 Å². The van der Waals surface area contributed by atoms with Gasteiger partial charge in [-0.3, -0.25) is 14.5 Å². The number of hydrogen-bond acceptors (Lipinski definition) is 3. The van der Waals surface area contributed by atoms with E-state index < -0.39 is 11.9 Å². The van der Waals surface area contributed by atoms with E-state index in [2.05, 4.69) is 22.3 Å². The number of likely N-dealkylation sites (tertiary alicyclic amines) is 1. The Labute approximate surface area is 123 Å². The molecule has 5 heteroatoms. The van der Waals surface area contributed by atoms with Crippen molar-refractivity contribution < 1.29 is 14.7 Å². The van der Waals surface area contributed by atoms with Gasteiger partial charge in [0.2, 0.25) is 5.91 Å². The number of carboxylic acid groups (broad SMARTS) is 1. The van der Waals surface area contributed by atoms with Gasteiger partial charge >= 0.3 is 5.97 Å². The standard InChI is InChI=1S/C16H20N2O3/c19-15(13-8-14(13)16(20)21)17-12-6-7-18(10-12)9-11-4-2-1-3-5-11/h1-5,12-14H,6-10H2,(H,17,19)(H,20,21)/t12?,13-,14+/m1/s1. The lowest BCUT2D eigenvalue weighted by Gasteiger charge is -2.16. The highest BCUT2D eigenvalue weighted by Gasteiger charge is 2.48. The first-order valence-corrected chi connectivity index (χ1v) is 7.43. The van der Waals surface area contributed by atoms with E-state index in [0.717, 1.165) is 26.1 Å². The third kappa shape index (κ3) is 3.42. The van der Waals surface area contributed by atoms with Gasteiger partial charge in [0.05, 0.1) is 11.8 Å². The molecular weight excluding hydrogens is 268 g/mol. The number of carbonyl (C=O) groups is 2. The molecule has 0 bridgehead atoms. The zero-order chi connectivity index (χ0) is 14.8. The average molecular weight is 288 g/mol. The number of amides is 1. The van der Waals surface area contributed by atoms with Crippen molar-refractivity contribution in [3.63, 3.8) is 0 Å². The van der Waals surface area contributed by atoms with Gasteiger partial charge in [0.15, 0.2) is 0 Å². The Balaban J connectivity index is 1.45. The number of hydrogen-bond donors (Lipinski definition) is 2. The smallest absolute Gasteiger partial charge is 0.307 e. The second-order valence-corrected chi connectivity index (χ2v) is 6.00. The van der Waals surface area contributed by atoms with E-state index in [4.69, 9.17) is 5.11 Å². The quantitative estimate of drug-likeness (QED) is 0.851. The van der Waals surface area contributed by atoms with Crippen molar-refractivity contribution in [3.05, 3.63) is 35.9 Å². The highest BCUT2D eigenvalue weighted by atomic mass is 16.4. The van der Waals surface area contributed by atoms with Crippen LogP contribution in [0.15, 0.2) is 30.3 Å². The van der Waals surface area contributed by atoms with E-state index in [-0.39, 0.29) is 17.9 Å². The monoisotopic (exact) mass is 288 g/mol. The molecule has 3 atom stereocenters. The maximum Gasteiger partial charge on any atom is 0.307 e. The molecule has 0 radical (unpaired) electrons. The summed E-state index contributed by atoms with van der Waals surface area (Å²) in [5, 5.41) is 11.8. The van der Waals surface area contributed by atoms with Crippen molar-refractivity contribution in [2.75, 3.05) is 13.1 Å². The SMILES string of the molecule is O=C(O)[C@H]1C[C@H]1C(=O)NC1CCN(Cc2ccccc2)C1. The zero-order valence-corrected chi connectivity index (χ0v) is 11.9. The summed E-state index contributed by atoms with van der Waals surface area (Å²) in [6.45, 7) is 2.70. The van der Waals surface area contributed by atoms with Gasteiger partial charge in [-0.15, -0.1) is 0 Å². The maximum absolute atomic E-state index is 11.9. The Hall–Kier alpha value is -1.88. The molecule has 1 aromatic rings. The fourth-order valence-corrected chi connectivity index (χ4v) is 3.00. The largest absolute Gasteiger partial charge is 0.481 e. The lowest BCUT2D eigenvalue weighted by molar-refractivity contribution is -0.140. The molecule has 0 spiro atoms. The van der Waals surface area contributed by atoms with E-state index in [0.29, 0.717) is 6.42 Å². The van der Waals surface area contributed by atoms with E-state index in [1.54, 1.807) is 0 Å². The van der Waals surface area contributed by atoms with Gasteiger partial charge in [-0.25, -0.2) is 0 Å². The molecule has 21 heavy (non-hydrogen) atoms. The zero-order valence-electron chi connectivity index (χ0n) is 11.9. The van der Waals surface area contributed by atoms with Gasteiger partial charge in [-0.1, -0.05) is 30.3 Å². The van der Waals surface area contributed by atoms with Crippen molar-refractivity contribution >= 4 is 11.9 Å². The predicted molar refractivity (Wildman–Crippen MR) is 77.5 cm³/mol. The average Bonchev–Trinajstić information content (AvgIpc) is 3.17. The lowest BCUT2D eigenvalue weighted by atomic mass is 10.2. The molecule has 1 saturated heterocycles. The Bertz CT molecular complexity index is 532. The Morgan fingerprint density at radius 2 is 2.00 bits per heavy atom. The maximum atomic E-state index is 11.9. The fraction of sp³-hybridized carbons (Fsp3) is 0.500. The van der Waals surface area contributed by atoms with Gasteiger partial charge in [0, 0.05) is 25.7 Å². The van der Waals surface area contributed by atoms with Crippen LogP contribution in [0.2, 0.25) is 0 Å². The van der Waals surface area contributed by atoms with Gasteiger partial charge in [0.25, 0.3) is 0 Å². The van der Waals surface area contributed by atoms with Gasteiger partial charge in [-0.2, -0.15) is 0 Å². The summed E-state index contributed by atoms with van der Waals surface area (Å²) in [5.41, 5.74) is 1.28. The summed E-state index contributed by atoms with van der Waals surface area (Å²) >= 11 is 0. The summed E-state index contributed by atoms with van der Waals surface area (Å²) in [6.07, 6.45) is 1.42. The molecule has 0 aromatic heterocycles. The van der Waals surface area contributed by atoms with Crippen LogP contribution in [0.5, 0.6) is 0 Å². The normalized spacial score (nSPS) is 28.3. The minimum absolute atomic E-state index is 0.0889. The van der Waals surface area contributed by atoms with Crippen molar-refractivity contribution in [1.29, 1.82) is 0 Å². The molecular formula is C16H20N2O3. The van der Waals surface area contributed by atoms with Crippen LogP contribution in [-0.4, -0.2) is 41.0 Å². The summed E-state index contributed by atoms with van der Waals surface area (Å²) in [5.74, 6) is -1.72. The van der Waals surface area contributed by atoms with Crippen LogP contribution < -0.4 is 5.32 Å². The number of nitrogens with zero attached hydrogens (tertiary/aromatic N) is 1. The van der Waals surface area contributed by atoms with Crippen LogP contribution in [0.4, 0.5) is 0 Å². The van der Waals surface area contributed by atoms with Crippen LogP contribution >= 0.6 is 0 Å². The first-order chi connectivity index (χ1) is 10.1. The minimum Gasteiger partial charge on any atom is -0.481 e. The Morgan fingerprint density at radius 3 is 2.67 bits per heavy atom. The molecule has 1 unspecified atom stereocenters. The predicted octanol–water partition coefficient (Wildman–Crippen LogP) is 1.10. The molecule has 2 fully saturated rings. The number of carboxylic acids is 1. The topological polar surface area (TPSA) is 69.6 Å². The van der Waals surface area contributed by atoms with Crippen LogP contribution in [0.25, 0.3) is 0 Å². The number of aliphatic carboxylic acids is 1. The number of nitrogens with one attached hydrogen (secondary N) is 1. The first-order valence-electron chi connectivity index (χ1n) is 7.43. The molecule has 1 aliphatic heterocycles. The number of rotatable bonds is 5. The van der Waals surface area contributed by atoms with E-state index in [1.807, 2.05) is 18.2 Å². The van der Waals surface area contributed by atoms with Crippen molar-refractivity contribution in [1.82, 2.24) is 10.2 Å². The lowest BCUT2D eigenvalue weighted by Crippen LogP contribution is -2.38. The first kappa shape index (κ1) is 14.1. The molecule has 1 aromatic carbocycles. The highest BCUT2D eigenvalue weighted by molar-refractivity contribution is 5.89. The Kier molecular flexibility index (Phi) is 3.92. The summed E-state index contributed by atoms with van der Waals surface area (Å²) in [6, 6.07) is 10.4. The molecule has 3 rings (SSSR count). The summed E-state index contributed by atoms with van der Waals surface area (Å²) < 4.78 is 0. The number of carbonyl (C=O) groups excluding carboxylic acids is 1. The minimum atomic E-state index is -0.854. The summed E-state index contributed by atoms with van der Waals surface area (Å²) in [7, 11) is 0. The molecule has 2 N–H and O–H groups in total. The van der Waals surface area contributed by atoms with E-state index >= 15 is 0 Å².